The molecule has 3 rings (SSSR count). The highest BCUT2D eigenvalue weighted by molar-refractivity contribution is 5.95. The van der Waals surface area contributed by atoms with E-state index in [1.165, 1.54) is 25.7 Å². The molecule has 0 aromatic rings. The summed E-state index contributed by atoms with van der Waals surface area (Å²) in [6.07, 6.45) is 11.1. The molecule has 3 atom stereocenters. The molecule has 0 amide bonds. The molecule has 1 saturated carbocycles. The Hall–Kier alpha value is -0.850. The molecule has 3 aliphatic rings. The predicted octanol–water partition coefficient (Wildman–Crippen LogP) is 5.07. The van der Waals surface area contributed by atoms with Gasteiger partial charge in [0.2, 0.25) is 0 Å². The van der Waals surface area contributed by atoms with Crippen LogP contribution in [0.1, 0.15) is 66.2 Å². The number of ketones is 1. The first-order valence-corrected chi connectivity index (χ1v) is 8.33. The Morgan fingerprint density at radius 2 is 1.95 bits per heavy atom. The first kappa shape index (κ1) is 14.1. The van der Waals surface area contributed by atoms with Gasteiger partial charge in [-0.25, -0.2) is 0 Å². The summed E-state index contributed by atoms with van der Waals surface area (Å²) in [5.41, 5.74) is 3.62. The van der Waals surface area contributed by atoms with Crippen LogP contribution in [0.25, 0.3) is 0 Å². The van der Waals surface area contributed by atoms with Gasteiger partial charge < -0.3 is 0 Å². The first-order chi connectivity index (χ1) is 9.38. The Morgan fingerprint density at radius 1 is 1.20 bits per heavy atom. The molecule has 0 unspecified atom stereocenters. The van der Waals surface area contributed by atoms with E-state index < -0.39 is 0 Å². The number of rotatable bonds is 1. The van der Waals surface area contributed by atoms with E-state index in [0.717, 1.165) is 12.8 Å². The number of carbonyl (C=O) groups is 1. The van der Waals surface area contributed by atoms with Crippen molar-refractivity contribution >= 4 is 5.78 Å². The summed E-state index contributed by atoms with van der Waals surface area (Å²) >= 11 is 0. The molecule has 0 bridgehead atoms. The molecule has 0 radical (unpaired) electrons. The van der Waals surface area contributed by atoms with Crippen molar-refractivity contribution in [1.82, 2.24) is 0 Å². The highest BCUT2D eigenvalue weighted by Gasteiger charge is 2.53. The molecular formula is C19H28O. The second kappa shape index (κ2) is 4.58. The Balaban J connectivity index is 2.12. The Bertz CT molecular complexity index is 496. The average molecular weight is 272 g/mol. The lowest BCUT2D eigenvalue weighted by Crippen LogP contribution is -2.44. The summed E-state index contributed by atoms with van der Waals surface area (Å²) in [5.74, 6) is 1.51. The van der Waals surface area contributed by atoms with E-state index in [1.54, 1.807) is 11.1 Å². The number of hydrogen-bond acceptors (Lipinski definition) is 1. The van der Waals surface area contributed by atoms with Crippen molar-refractivity contribution < 1.29 is 4.79 Å². The Morgan fingerprint density at radius 3 is 2.65 bits per heavy atom. The molecule has 20 heavy (non-hydrogen) atoms. The van der Waals surface area contributed by atoms with E-state index in [-0.39, 0.29) is 5.41 Å². The van der Waals surface area contributed by atoms with Gasteiger partial charge in [0, 0.05) is 5.41 Å². The van der Waals surface area contributed by atoms with E-state index in [4.69, 9.17) is 0 Å². The molecule has 1 heteroatoms. The maximum atomic E-state index is 12.6. The zero-order valence-corrected chi connectivity index (χ0v) is 13.5. The maximum absolute atomic E-state index is 12.6. The molecule has 3 aliphatic carbocycles. The molecule has 1 fully saturated rings. The monoisotopic (exact) mass is 272 g/mol. The predicted molar refractivity (Wildman–Crippen MR) is 83.4 cm³/mol. The summed E-state index contributed by atoms with van der Waals surface area (Å²) in [6, 6.07) is 0. The highest BCUT2D eigenvalue weighted by Crippen LogP contribution is 2.61. The van der Waals surface area contributed by atoms with Gasteiger partial charge in [0.25, 0.3) is 0 Å². The van der Waals surface area contributed by atoms with E-state index in [2.05, 4.69) is 33.8 Å². The van der Waals surface area contributed by atoms with Gasteiger partial charge in [-0.2, -0.15) is 0 Å². The lowest BCUT2D eigenvalue weighted by Gasteiger charge is -2.48. The fraction of sp³-hybridized carbons (Fsp3) is 0.737. The van der Waals surface area contributed by atoms with Gasteiger partial charge in [-0.05, 0) is 61.9 Å². The van der Waals surface area contributed by atoms with Crippen molar-refractivity contribution in [3.8, 4) is 0 Å². The SMILES string of the molecule is CC(C)C1=C2[C@H]3CCC=CC(=O)[C@]3(C)CC[C@@]2(C)CC1. The highest BCUT2D eigenvalue weighted by atomic mass is 16.1. The number of carbonyl (C=O) groups excluding carboxylic acids is 1. The van der Waals surface area contributed by atoms with Gasteiger partial charge in [0.15, 0.2) is 5.78 Å². The maximum Gasteiger partial charge on any atom is 0.161 e. The Kier molecular flexibility index (Phi) is 3.23. The molecule has 110 valence electrons. The van der Waals surface area contributed by atoms with E-state index in [0.29, 0.717) is 23.0 Å². The molecule has 1 nitrogen and oxygen atoms in total. The molecule has 0 heterocycles. The van der Waals surface area contributed by atoms with Crippen LogP contribution in [0, 0.1) is 22.7 Å². The van der Waals surface area contributed by atoms with Gasteiger partial charge in [-0.3, -0.25) is 4.79 Å². The second-order valence-electron chi connectivity index (χ2n) is 7.97. The van der Waals surface area contributed by atoms with Crippen molar-refractivity contribution in [3.05, 3.63) is 23.3 Å². The minimum Gasteiger partial charge on any atom is -0.294 e. The van der Waals surface area contributed by atoms with Crippen molar-refractivity contribution in [2.24, 2.45) is 22.7 Å². The third-order valence-electron chi connectivity index (χ3n) is 6.41. The minimum atomic E-state index is -0.133. The van der Waals surface area contributed by atoms with Crippen LogP contribution in [0.3, 0.4) is 0 Å². The third-order valence-corrected chi connectivity index (χ3v) is 6.41. The molecular weight excluding hydrogens is 244 g/mol. The van der Waals surface area contributed by atoms with E-state index in [1.807, 2.05) is 6.08 Å². The van der Waals surface area contributed by atoms with Crippen LogP contribution in [0.4, 0.5) is 0 Å². The van der Waals surface area contributed by atoms with Crippen LogP contribution >= 0.6 is 0 Å². The number of allylic oxidation sites excluding steroid dienone is 4. The zero-order chi connectivity index (χ0) is 14.5. The summed E-state index contributed by atoms with van der Waals surface area (Å²) < 4.78 is 0. The van der Waals surface area contributed by atoms with Crippen LogP contribution in [0.15, 0.2) is 23.3 Å². The largest absolute Gasteiger partial charge is 0.294 e. The van der Waals surface area contributed by atoms with Gasteiger partial charge in [-0.15, -0.1) is 0 Å². The summed E-state index contributed by atoms with van der Waals surface area (Å²) in [5, 5.41) is 0. The molecule has 0 aromatic heterocycles. The fourth-order valence-electron chi connectivity index (χ4n) is 5.00. The quantitative estimate of drug-likeness (QED) is 0.609. The number of hydrogen-bond donors (Lipinski definition) is 0. The fourth-order valence-corrected chi connectivity index (χ4v) is 5.00. The van der Waals surface area contributed by atoms with Crippen molar-refractivity contribution in [1.29, 1.82) is 0 Å². The van der Waals surface area contributed by atoms with Crippen LogP contribution in [0.2, 0.25) is 0 Å². The van der Waals surface area contributed by atoms with E-state index >= 15 is 0 Å². The van der Waals surface area contributed by atoms with Crippen molar-refractivity contribution in [2.75, 3.05) is 0 Å². The molecule has 0 aliphatic heterocycles. The second-order valence-corrected chi connectivity index (χ2v) is 7.97. The van der Waals surface area contributed by atoms with E-state index in [9.17, 15) is 4.79 Å². The Labute approximate surface area is 123 Å². The summed E-state index contributed by atoms with van der Waals surface area (Å²) in [6.45, 7) is 9.35. The first-order valence-electron chi connectivity index (χ1n) is 8.33. The minimum absolute atomic E-state index is 0.133. The topological polar surface area (TPSA) is 17.1 Å². The van der Waals surface area contributed by atoms with Gasteiger partial charge in [0.1, 0.15) is 0 Å². The smallest absolute Gasteiger partial charge is 0.161 e. The summed E-state index contributed by atoms with van der Waals surface area (Å²) in [4.78, 5) is 12.6. The lowest BCUT2D eigenvalue weighted by molar-refractivity contribution is -0.127. The molecule has 0 saturated heterocycles. The van der Waals surface area contributed by atoms with Crippen molar-refractivity contribution in [3.63, 3.8) is 0 Å². The van der Waals surface area contributed by atoms with Crippen LogP contribution in [0.5, 0.6) is 0 Å². The van der Waals surface area contributed by atoms with Gasteiger partial charge >= 0.3 is 0 Å². The zero-order valence-electron chi connectivity index (χ0n) is 13.5. The van der Waals surface area contributed by atoms with Gasteiger partial charge in [0.05, 0.1) is 0 Å². The third kappa shape index (κ3) is 1.85. The van der Waals surface area contributed by atoms with Crippen LogP contribution in [-0.2, 0) is 4.79 Å². The average Bonchev–Trinajstić information content (AvgIpc) is 2.67. The summed E-state index contributed by atoms with van der Waals surface area (Å²) in [7, 11) is 0. The van der Waals surface area contributed by atoms with Crippen LogP contribution < -0.4 is 0 Å². The van der Waals surface area contributed by atoms with Crippen LogP contribution in [-0.4, -0.2) is 5.78 Å². The number of fused-ring (bicyclic) bond motifs is 3. The molecule has 0 N–H and O–H groups in total. The molecule has 0 spiro atoms. The standard InChI is InChI=1S/C19H28O/c1-13(2)14-9-10-18(3)11-12-19(4)15(17(14)18)7-5-6-8-16(19)20/h6,8,13,15H,5,7,9-12H2,1-4H3/t15-,18-,19-/m1/s1. The normalized spacial score (nSPS) is 40.9. The van der Waals surface area contributed by atoms with Crippen molar-refractivity contribution in [2.45, 2.75) is 66.2 Å². The molecule has 0 aromatic carbocycles. The lowest BCUT2D eigenvalue weighted by atomic mass is 9.54. The van der Waals surface area contributed by atoms with Gasteiger partial charge in [-0.1, -0.05) is 44.9 Å².